The van der Waals surface area contributed by atoms with E-state index in [0.717, 1.165) is 0 Å². The van der Waals surface area contributed by atoms with Gasteiger partial charge >= 0.3 is 0 Å². The van der Waals surface area contributed by atoms with Crippen LogP contribution in [-0.4, -0.2) is 25.8 Å². The summed E-state index contributed by atoms with van der Waals surface area (Å²) in [6, 6.07) is 5.28. The maximum absolute atomic E-state index is 14.2. The van der Waals surface area contributed by atoms with Crippen molar-refractivity contribution < 1.29 is 13.7 Å². The highest BCUT2D eigenvalue weighted by Gasteiger charge is 2.26. The number of nitrogens with zero attached hydrogens (tertiary/aromatic N) is 4. The lowest BCUT2D eigenvalue weighted by Gasteiger charge is -2.16. The normalized spacial score (nSPS) is 12.2. The second kappa shape index (κ2) is 6.23. The van der Waals surface area contributed by atoms with E-state index in [9.17, 15) is 9.18 Å². The fourth-order valence-corrected chi connectivity index (χ4v) is 2.35. The van der Waals surface area contributed by atoms with Crippen molar-refractivity contribution in [1.82, 2.24) is 25.2 Å². The van der Waals surface area contributed by atoms with E-state index < -0.39 is 17.8 Å². The summed E-state index contributed by atoms with van der Waals surface area (Å²) in [7, 11) is 1.74. The molecule has 1 aromatic carbocycles. The average Bonchev–Trinajstić information content (AvgIpc) is 3.12. The number of carbonyl (C=O) groups excluding carboxylic acids is 1. The second-order valence-corrected chi connectivity index (χ2v) is 5.37. The van der Waals surface area contributed by atoms with Gasteiger partial charge in [0, 0.05) is 25.2 Å². The molecule has 0 fully saturated rings. The molecule has 0 aliphatic rings. The molecule has 0 aliphatic carbocycles. The smallest absolute Gasteiger partial charge is 0.255 e. The Morgan fingerprint density at radius 3 is 2.67 bits per heavy atom. The molecule has 0 saturated carbocycles. The summed E-state index contributed by atoms with van der Waals surface area (Å²) in [5.41, 5.74) is 1.36. The third-order valence-electron chi connectivity index (χ3n) is 3.77. The molecule has 7 nitrogen and oxygen atoms in total. The van der Waals surface area contributed by atoms with Crippen molar-refractivity contribution >= 4 is 5.91 Å². The number of hydrogen-bond acceptors (Lipinski definition) is 5. The number of carbonyl (C=O) groups is 1. The monoisotopic (exact) mass is 329 g/mol. The first-order valence-electron chi connectivity index (χ1n) is 7.31. The van der Waals surface area contributed by atoms with Crippen molar-refractivity contribution in [3.8, 4) is 0 Å². The maximum atomic E-state index is 14.2. The molecular weight excluding hydrogens is 313 g/mol. The third-order valence-corrected chi connectivity index (χ3v) is 3.77. The van der Waals surface area contributed by atoms with Gasteiger partial charge in [-0.15, -0.1) is 0 Å². The lowest BCUT2D eigenvalue weighted by Crippen LogP contribution is -2.31. The van der Waals surface area contributed by atoms with Gasteiger partial charge in [0.05, 0.1) is 11.8 Å². The highest BCUT2D eigenvalue weighted by molar-refractivity contribution is 5.95. The first kappa shape index (κ1) is 15.9. The zero-order chi connectivity index (χ0) is 17.3. The Labute approximate surface area is 137 Å². The Morgan fingerprint density at radius 2 is 2.08 bits per heavy atom. The highest BCUT2D eigenvalue weighted by Crippen LogP contribution is 2.23. The van der Waals surface area contributed by atoms with E-state index in [1.54, 1.807) is 43.8 Å². The van der Waals surface area contributed by atoms with Crippen LogP contribution < -0.4 is 5.32 Å². The number of rotatable bonds is 4. The summed E-state index contributed by atoms with van der Waals surface area (Å²) in [6.45, 7) is 3.40. The molecule has 1 unspecified atom stereocenters. The predicted octanol–water partition coefficient (Wildman–Crippen LogP) is 2.08. The predicted molar refractivity (Wildman–Crippen MR) is 82.7 cm³/mol. The first-order chi connectivity index (χ1) is 11.5. The van der Waals surface area contributed by atoms with Crippen LogP contribution >= 0.6 is 0 Å². The Balaban J connectivity index is 1.98. The van der Waals surface area contributed by atoms with Gasteiger partial charge in [-0.2, -0.15) is 10.1 Å². The standard InChI is InChI=1S/C16H16FN5O2/c1-9-12(8-18-22(9)3)16(23)20-14(15-19-10(2)24-21-15)11-6-4-5-7-13(11)17/h4-8,14H,1-3H3,(H,20,23). The second-order valence-electron chi connectivity index (χ2n) is 5.37. The molecule has 0 bridgehead atoms. The molecule has 3 aromatic rings. The summed E-state index contributed by atoms with van der Waals surface area (Å²) in [5, 5.41) is 10.6. The number of halogens is 1. The SMILES string of the molecule is Cc1nc(C(NC(=O)c2cnn(C)c2C)c2ccccc2F)no1. The lowest BCUT2D eigenvalue weighted by molar-refractivity contribution is 0.0940. The van der Waals surface area contributed by atoms with Crippen LogP contribution in [0.3, 0.4) is 0 Å². The molecule has 8 heteroatoms. The number of aryl methyl sites for hydroxylation is 2. The van der Waals surface area contributed by atoms with Crippen molar-refractivity contribution in [2.45, 2.75) is 19.9 Å². The number of amides is 1. The minimum absolute atomic E-state index is 0.187. The summed E-state index contributed by atoms with van der Waals surface area (Å²) in [4.78, 5) is 16.7. The molecule has 24 heavy (non-hydrogen) atoms. The number of nitrogens with one attached hydrogen (secondary N) is 1. The zero-order valence-electron chi connectivity index (χ0n) is 13.4. The molecule has 0 saturated heterocycles. The minimum Gasteiger partial charge on any atom is -0.340 e. The van der Waals surface area contributed by atoms with Crippen LogP contribution in [0.2, 0.25) is 0 Å². The number of aromatic nitrogens is 4. The van der Waals surface area contributed by atoms with Gasteiger partial charge in [0.25, 0.3) is 5.91 Å². The topological polar surface area (TPSA) is 85.8 Å². The average molecular weight is 329 g/mol. The molecule has 2 aromatic heterocycles. The molecule has 2 heterocycles. The van der Waals surface area contributed by atoms with Crippen LogP contribution in [0.5, 0.6) is 0 Å². The van der Waals surface area contributed by atoms with Crippen LogP contribution in [0.15, 0.2) is 35.0 Å². The van der Waals surface area contributed by atoms with Crippen molar-refractivity contribution in [3.05, 3.63) is 64.8 Å². The molecule has 1 N–H and O–H groups in total. The molecule has 1 atom stereocenters. The van der Waals surface area contributed by atoms with Gasteiger partial charge in [-0.05, 0) is 13.0 Å². The molecule has 3 rings (SSSR count). The Kier molecular flexibility index (Phi) is 4.11. The van der Waals surface area contributed by atoms with Crippen molar-refractivity contribution in [1.29, 1.82) is 0 Å². The van der Waals surface area contributed by atoms with Crippen LogP contribution in [-0.2, 0) is 7.05 Å². The Bertz CT molecular complexity index is 886. The van der Waals surface area contributed by atoms with Gasteiger partial charge in [0.15, 0.2) is 5.82 Å². The lowest BCUT2D eigenvalue weighted by atomic mass is 10.0. The van der Waals surface area contributed by atoms with E-state index in [2.05, 4.69) is 20.6 Å². The van der Waals surface area contributed by atoms with Crippen molar-refractivity contribution in [2.75, 3.05) is 0 Å². The van der Waals surface area contributed by atoms with Gasteiger partial charge in [-0.1, -0.05) is 23.4 Å². The van der Waals surface area contributed by atoms with Gasteiger partial charge in [-0.25, -0.2) is 4.39 Å². The van der Waals surface area contributed by atoms with Crippen molar-refractivity contribution in [3.63, 3.8) is 0 Å². The molecular formula is C16H16FN5O2. The third kappa shape index (κ3) is 2.90. The largest absolute Gasteiger partial charge is 0.340 e. The van der Waals surface area contributed by atoms with E-state index in [1.807, 2.05) is 0 Å². The van der Waals surface area contributed by atoms with E-state index in [4.69, 9.17) is 4.52 Å². The van der Waals surface area contributed by atoms with Gasteiger partial charge in [0.1, 0.15) is 11.9 Å². The number of benzene rings is 1. The van der Waals surface area contributed by atoms with Crippen LogP contribution in [0.4, 0.5) is 4.39 Å². The summed E-state index contributed by atoms with van der Waals surface area (Å²) < 4.78 is 20.8. The highest BCUT2D eigenvalue weighted by atomic mass is 19.1. The van der Waals surface area contributed by atoms with Crippen LogP contribution in [0.25, 0.3) is 0 Å². The van der Waals surface area contributed by atoms with E-state index in [-0.39, 0.29) is 11.4 Å². The maximum Gasteiger partial charge on any atom is 0.255 e. The van der Waals surface area contributed by atoms with E-state index in [1.165, 1.54) is 12.3 Å². The molecule has 1 amide bonds. The molecule has 0 radical (unpaired) electrons. The fourth-order valence-electron chi connectivity index (χ4n) is 2.35. The van der Waals surface area contributed by atoms with Crippen molar-refractivity contribution in [2.24, 2.45) is 7.05 Å². The minimum atomic E-state index is -0.865. The van der Waals surface area contributed by atoms with E-state index in [0.29, 0.717) is 17.1 Å². The van der Waals surface area contributed by atoms with Gasteiger partial charge in [0.2, 0.25) is 5.89 Å². The summed E-state index contributed by atoms with van der Waals surface area (Å²) in [6.07, 6.45) is 1.46. The molecule has 0 aliphatic heterocycles. The van der Waals surface area contributed by atoms with E-state index >= 15 is 0 Å². The quantitative estimate of drug-likeness (QED) is 0.792. The molecule has 0 spiro atoms. The molecule has 124 valence electrons. The van der Waals surface area contributed by atoms with Crippen LogP contribution in [0.1, 0.15) is 39.4 Å². The summed E-state index contributed by atoms with van der Waals surface area (Å²) >= 11 is 0. The summed E-state index contributed by atoms with van der Waals surface area (Å²) in [5.74, 6) is -0.338. The Hall–Kier alpha value is -3.03. The fraction of sp³-hybridized carbons (Fsp3) is 0.250. The Morgan fingerprint density at radius 1 is 1.33 bits per heavy atom. The van der Waals surface area contributed by atoms with Crippen LogP contribution in [0, 0.1) is 19.7 Å². The first-order valence-corrected chi connectivity index (χ1v) is 7.31. The number of hydrogen-bond donors (Lipinski definition) is 1. The van der Waals surface area contributed by atoms with Gasteiger partial charge in [-0.3, -0.25) is 9.48 Å². The zero-order valence-corrected chi connectivity index (χ0v) is 13.4. The van der Waals surface area contributed by atoms with Gasteiger partial charge < -0.3 is 9.84 Å².